The lowest BCUT2D eigenvalue weighted by Gasteiger charge is -2.13. The number of likely N-dealkylation sites (N-methyl/N-ethyl adjacent to an activating group) is 1. The molecule has 0 saturated carbocycles. The van der Waals surface area contributed by atoms with E-state index in [1.807, 2.05) is 32.0 Å². The van der Waals surface area contributed by atoms with Crippen molar-refractivity contribution < 1.29 is 9.59 Å². The number of hydrogen-bond acceptors (Lipinski definition) is 3. The van der Waals surface area contributed by atoms with E-state index in [2.05, 4.69) is 10.3 Å². The Morgan fingerprint density at radius 2 is 1.79 bits per heavy atom. The molecule has 0 atom stereocenters. The van der Waals surface area contributed by atoms with Crippen molar-refractivity contribution in [1.29, 1.82) is 0 Å². The average molecular weight is 402 g/mol. The molecule has 0 aliphatic carbocycles. The van der Waals surface area contributed by atoms with Crippen molar-refractivity contribution in [1.82, 2.24) is 10.2 Å². The first kappa shape index (κ1) is 21.4. The summed E-state index contributed by atoms with van der Waals surface area (Å²) in [7, 11) is 3.83. The Morgan fingerprint density at radius 3 is 2.43 bits per heavy atom. The van der Waals surface area contributed by atoms with E-state index >= 15 is 0 Å². The zero-order valence-electron chi connectivity index (χ0n) is 16.1. The van der Waals surface area contributed by atoms with E-state index in [4.69, 9.17) is 23.1 Å². The minimum atomic E-state index is -0.621. The molecule has 8 heteroatoms. The normalized spacial score (nSPS) is 10.6. The first-order valence-electron chi connectivity index (χ1n) is 8.66. The Morgan fingerprint density at radius 1 is 1.11 bits per heavy atom. The maximum atomic E-state index is 12.6. The molecule has 0 bridgehead atoms. The molecule has 2 aromatic rings. The van der Waals surface area contributed by atoms with E-state index in [9.17, 15) is 9.59 Å². The number of aryl methyl sites for hydroxylation is 1. The predicted molar refractivity (Wildman–Crippen MR) is 113 cm³/mol. The van der Waals surface area contributed by atoms with Gasteiger partial charge in [-0.05, 0) is 68.0 Å². The van der Waals surface area contributed by atoms with E-state index in [1.165, 1.54) is 6.07 Å². The monoisotopic (exact) mass is 401 g/mol. The molecule has 2 rings (SSSR count). The molecular formula is C20H24ClN5O2. The zero-order valence-corrected chi connectivity index (χ0v) is 16.9. The SMILES string of the molecule is Cc1ccc(Cl)cc1-c1cc(C(=O)N=C(N)N)cc(C(=O)NCCN(C)C)c1. The van der Waals surface area contributed by atoms with Crippen LogP contribution in [0.2, 0.25) is 5.02 Å². The lowest BCUT2D eigenvalue weighted by atomic mass is 9.96. The van der Waals surface area contributed by atoms with Crippen LogP contribution in [0.5, 0.6) is 0 Å². The third kappa shape index (κ3) is 5.80. The van der Waals surface area contributed by atoms with Gasteiger partial charge in [-0.25, -0.2) is 0 Å². The molecule has 0 aliphatic rings. The first-order valence-corrected chi connectivity index (χ1v) is 9.03. The van der Waals surface area contributed by atoms with Gasteiger partial charge in [0.2, 0.25) is 0 Å². The Balaban J connectivity index is 2.50. The summed E-state index contributed by atoms with van der Waals surface area (Å²) in [6.07, 6.45) is 0. The van der Waals surface area contributed by atoms with Crippen LogP contribution in [0.3, 0.4) is 0 Å². The maximum Gasteiger partial charge on any atom is 0.280 e. The fourth-order valence-electron chi connectivity index (χ4n) is 2.62. The number of aliphatic imine (C=N–C) groups is 1. The van der Waals surface area contributed by atoms with E-state index in [0.717, 1.165) is 11.1 Å². The van der Waals surface area contributed by atoms with Crippen LogP contribution in [0, 0.1) is 6.92 Å². The van der Waals surface area contributed by atoms with Crippen LogP contribution >= 0.6 is 11.6 Å². The third-order valence-electron chi connectivity index (χ3n) is 4.03. The second-order valence-corrected chi connectivity index (χ2v) is 7.10. The summed E-state index contributed by atoms with van der Waals surface area (Å²) in [6, 6.07) is 10.3. The first-order chi connectivity index (χ1) is 13.2. The lowest BCUT2D eigenvalue weighted by Crippen LogP contribution is -2.31. The molecule has 0 aliphatic heterocycles. The summed E-state index contributed by atoms with van der Waals surface area (Å²) >= 11 is 6.13. The van der Waals surface area contributed by atoms with Crippen LogP contribution in [0.1, 0.15) is 26.3 Å². The van der Waals surface area contributed by atoms with Crippen LogP contribution < -0.4 is 16.8 Å². The standard InChI is InChI=1S/C20H24ClN5O2/c1-12-4-5-16(21)11-17(12)13-8-14(18(27)24-6-7-26(2)3)10-15(9-13)19(28)25-20(22)23/h4-5,8-11H,6-7H2,1-3H3,(H,24,27)(H4,22,23,25,28). The molecular weight excluding hydrogens is 378 g/mol. The fraction of sp³-hybridized carbons (Fsp3) is 0.250. The van der Waals surface area contributed by atoms with E-state index in [1.54, 1.807) is 24.3 Å². The third-order valence-corrected chi connectivity index (χ3v) is 4.26. The summed E-state index contributed by atoms with van der Waals surface area (Å²) in [4.78, 5) is 30.5. The summed E-state index contributed by atoms with van der Waals surface area (Å²) in [5.74, 6) is -1.25. The number of carbonyl (C=O) groups is 2. The lowest BCUT2D eigenvalue weighted by molar-refractivity contribution is 0.0951. The number of guanidine groups is 1. The van der Waals surface area contributed by atoms with E-state index in [0.29, 0.717) is 29.2 Å². The average Bonchev–Trinajstić information content (AvgIpc) is 2.62. The molecule has 0 spiro atoms. The van der Waals surface area contributed by atoms with Gasteiger partial charge < -0.3 is 21.7 Å². The number of carbonyl (C=O) groups excluding carboxylic acids is 2. The van der Waals surface area contributed by atoms with Crippen molar-refractivity contribution in [3.63, 3.8) is 0 Å². The maximum absolute atomic E-state index is 12.6. The molecule has 28 heavy (non-hydrogen) atoms. The largest absolute Gasteiger partial charge is 0.370 e. The molecule has 0 fully saturated rings. The quantitative estimate of drug-likeness (QED) is 0.506. The molecule has 0 aromatic heterocycles. The van der Waals surface area contributed by atoms with Crippen molar-refractivity contribution in [3.8, 4) is 11.1 Å². The molecule has 148 valence electrons. The number of hydrogen-bond donors (Lipinski definition) is 3. The Labute approximate surface area is 169 Å². The second-order valence-electron chi connectivity index (χ2n) is 6.66. The fourth-order valence-corrected chi connectivity index (χ4v) is 2.79. The smallest absolute Gasteiger partial charge is 0.280 e. The number of amides is 2. The summed E-state index contributed by atoms with van der Waals surface area (Å²) in [5, 5.41) is 3.39. The van der Waals surface area contributed by atoms with Crippen molar-refractivity contribution in [3.05, 3.63) is 58.1 Å². The van der Waals surface area contributed by atoms with Crippen LogP contribution in [0.4, 0.5) is 0 Å². The van der Waals surface area contributed by atoms with Crippen molar-refractivity contribution >= 4 is 29.4 Å². The topological polar surface area (TPSA) is 114 Å². The summed E-state index contributed by atoms with van der Waals surface area (Å²) in [6.45, 7) is 3.09. The minimum Gasteiger partial charge on any atom is -0.370 e. The van der Waals surface area contributed by atoms with Gasteiger partial charge in [0.15, 0.2) is 5.96 Å². The highest BCUT2D eigenvalue weighted by Crippen LogP contribution is 2.28. The molecule has 2 amide bonds. The van der Waals surface area contributed by atoms with Gasteiger partial charge in [-0.2, -0.15) is 4.99 Å². The highest BCUT2D eigenvalue weighted by atomic mass is 35.5. The van der Waals surface area contributed by atoms with Gasteiger partial charge in [0.25, 0.3) is 11.8 Å². The molecule has 0 unspecified atom stereocenters. The predicted octanol–water partition coefficient (Wildman–Crippen LogP) is 2.02. The molecule has 0 radical (unpaired) electrons. The number of nitrogens with two attached hydrogens (primary N) is 2. The van der Waals surface area contributed by atoms with Gasteiger partial charge in [-0.1, -0.05) is 17.7 Å². The Kier molecular flexibility index (Phi) is 7.14. The number of rotatable bonds is 6. The summed E-state index contributed by atoms with van der Waals surface area (Å²) < 4.78 is 0. The van der Waals surface area contributed by atoms with Gasteiger partial charge in [0.1, 0.15) is 0 Å². The zero-order chi connectivity index (χ0) is 20.8. The molecule has 0 heterocycles. The highest BCUT2D eigenvalue weighted by molar-refractivity contribution is 6.30. The number of nitrogens with one attached hydrogen (secondary N) is 1. The van der Waals surface area contributed by atoms with Gasteiger partial charge in [-0.15, -0.1) is 0 Å². The number of nitrogens with zero attached hydrogens (tertiary/aromatic N) is 2. The van der Waals surface area contributed by atoms with E-state index in [-0.39, 0.29) is 17.4 Å². The molecule has 0 saturated heterocycles. The van der Waals surface area contributed by atoms with Crippen LogP contribution in [0.15, 0.2) is 41.4 Å². The van der Waals surface area contributed by atoms with Crippen LogP contribution in [0.25, 0.3) is 11.1 Å². The molecule has 5 N–H and O–H groups in total. The highest BCUT2D eigenvalue weighted by Gasteiger charge is 2.15. The van der Waals surface area contributed by atoms with Gasteiger partial charge in [0.05, 0.1) is 0 Å². The van der Waals surface area contributed by atoms with Crippen LogP contribution in [-0.2, 0) is 0 Å². The van der Waals surface area contributed by atoms with Crippen molar-refractivity contribution in [2.45, 2.75) is 6.92 Å². The molecule has 7 nitrogen and oxygen atoms in total. The van der Waals surface area contributed by atoms with Crippen LogP contribution in [-0.4, -0.2) is 49.9 Å². The second kappa shape index (κ2) is 9.34. The van der Waals surface area contributed by atoms with Gasteiger partial charge >= 0.3 is 0 Å². The number of halogens is 1. The summed E-state index contributed by atoms with van der Waals surface area (Å²) in [5.41, 5.74) is 13.6. The van der Waals surface area contributed by atoms with E-state index < -0.39 is 5.91 Å². The van der Waals surface area contributed by atoms with Gasteiger partial charge in [-0.3, -0.25) is 9.59 Å². The Hall–Kier alpha value is -2.90. The van der Waals surface area contributed by atoms with Gasteiger partial charge in [0, 0.05) is 29.2 Å². The minimum absolute atomic E-state index is 0.211. The number of benzene rings is 2. The van der Waals surface area contributed by atoms with Crippen molar-refractivity contribution in [2.24, 2.45) is 16.5 Å². The molecule has 2 aromatic carbocycles. The Bertz CT molecular complexity index is 921. The van der Waals surface area contributed by atoms with Crippen molar-refractivity contribution in [2.75, 3.05) is 27.2 Å².